The third kappa shape index (κ3) is 3.89. The first-order valence-corrected chi connectivity index (χ1v) is 14.2. The van der Waals surface area contributed by atoms with Gasteiger partial charge < -0.3 is 14.9 Å². The number of ketones is 3. The molecule has 2 fully saturated rings. The second-order valence-corrected chi connectivity index (χ2v) is 14.0. The number of methoxy groups -OCH3 is 1. The lowest BCUT2D eigenvalue weighted by molar-refractivity contribution is -0.146. The van der Waals surface area contributed by atoms with Crippen molar-refractivity contribution in [2.45, 2.75) is 106 Å². The van der Waals surface area contributed by atoms with Gasteiger partial charge in [0.05, 0.1) is 30.7 Å². The molecule has 0 amide bonds. The Balaban J connectivity index is 1.71. The van der Waals surface area contributed by atoms with Gasteiger partial charge in [-0.2, -0.15) is 0 Å². The number of hydrogen-bond donors (Lipinski definition) is 2. The summed E-state index contributed by atoms with van der Waals surface area (Å²) >= 11 is 0. The summed E-state index contributed by atoms with van der Waals surface area (Å²) in [6.07, 6.45) is 0.682. The zero-order chi connectivity index (χ0) is 28.6. The molecule has 0 saturated heterocycles. The zero-order valence-electron chi connectivity index (χ0n) is 24.3. The third-order valence-electron chi connectivity index (χ3n) is 11.7. The van der Waals surface area contributed by atoms with E-state index in [-0.39, 0.29) is 54.4 Å². The maximum atomic E-state index is 14.0. The second-order valence-electron chi connectivity index (χ2n) is 14.0. The lowest BCUT2D eigenvalue weighted by Gasteiger charge is -2.62. The third-order valence-corrected chi connectivity index (χ3v) is 11.7. The normalized spacial score (nSPS) is 41.6. The van der Waals surface area contributed by atoms with Gasteiger partial charge in [0.25, 0.3) is 0 Å². The standard InChI is InChI=1S/C31H46O7/c1-16(11-18(32)12-17(2)27(37)38-8)19-13-24(36)31(7)26-20(33)14-22-28(3,4)23(35)9-10-29(22,5)25(26)21(34)15-30(19,31)6/h16-17,19-22,33-34H,9-15H2,1-8H3/t16-,17?,19-,20+,21+,22+,29+,30-,31+/m1/s1. The molecule has 2 saturated carbocycles. The van der Waals surface area contributed by atoms with Crippen molar-refractivity contribution >= 4 is 23.3 Å². The molecule has 4 aliphatic rings. The fourth-order valence-electron chi connectivity index (χ4n) is 9.40. The number of ether oxygens (including phenoxy) is 1. The van der Waals surface area contributed by atoms with Gasteiger partial charge in [-0.05, 0) is 65.9 Å². The SMILES string of the molecule is COC(=O)C(C)CC(=O)C[C@@H](C)[C@H]1CC(=O)[C@@]2(C)C3=C([C@@H](O)C[C@]12C)[C@@]1(C)CCC(=O)C(C)(C)[C@@H]1C[C@@H]3O. The van der Waals surface area contributed by atoms with E-state index in [4.69, 9.17) is 4.74 Å². The minimum Gasteiger partial charge on any atom is -0.469 e. The maximum absolute atomic E-state index is 14.0. The molecule has 2 N–H and O–H groups in total. The van der Waals surface area contributed by atoms with Crippen molar-refractivity contribution in [2.75, 3.05) is 7.11 Å². The van der Waals surface area contributed by atoms with E-state index in [9.17, 15) is 29.4 Å². The summed E-state index contributed by atoms with van der Waals surface area (Å²) in [5.74, 6) is -1.13. The summed E-state index contributed by atoms with van der Waals surface area (Å²) in [6, 6.07) is 0. The summed E-state index contributed by atoms with van der Waals surface area (Å²) in [5, 5.41) is 23.4. The molecular weight excluding hydrogens is 484 g/mol. The minimum atomic E-state index is -0.957. The van der Waals surface area contributed by atoms with Gasteiger partial charge >= 0.3 is 5.97 Å². The van der Waals surface area contributed by atoms with E-state index in [0.717, 1.165) is 5.57 Å². The molecule has 0 aromatic carbocycles. The molecule has 0 radical (unpaired) electrons. The van der Waals surface area contributed by atoms with Crippen molar-refractivity contribution in [3.63, 3.8) is 0 Å². The first kappa shape index (κ1) is 29.1. The van der Waals surface area contributed by atoms with Crippen LogP contribution in [0.15, 0.2) is 11.1 Å². The molecule has 0 bridgehead atoms. The largest absolute Gasteiger partial charge is 0.469 e. The highest BCUT2D eigenvalue weighted by Crippen LogP contribution is 2.71. The van der Waals surface area contributed by atoms with Crippen LogP contribution in [0.5, 0.6) is 0 Å². The van der Waals surface area contributed by atoms with Crippen LogP contribution in [0.1, 0.15) is 93.4 Å². The Labute approximate surface area is 226 Å². The van der Waals surface area contributed by atoms with Crippen molar-refractivity contribution in [3.8, 4) is 0 Å². The summed E-state index contributed by atoms with van der Waals surface area (Å²) in [5.41, 5.74) is -1.23. The molecule has 7 nitrogen and oxygen atoms in total. The first-order valence-electron chi connectivity index (χ1n) is 14.2. The summed E-state index contributed by atoms with van der Waals surface area (Å²) < 4.78 is 4.76. The predicted octanol–water partition coefficient (Wildman–Crippen LogP) is 4.22. The summed E-state index contributed by atoms with van der Waals surface area (Å²) in [4.78, 5) is 51.5. The van der Waals surface area contributed by atoms with Crippen molar-refractivity contribution in [1.82, 2.24) is 0 Å². The van der Waals surface area contributed by atoms with E-state index in [2.05, 4.69) is 6.92 Å². The number of carbonyl (C=O) groups excluding carboxylic acids is 4. The van der Waals surface area contributed by atoms with E-state index in [1.165, 1.54) is 7.11 Å². The van der Waals surface area contributed by atoms with Crippen LogP contribution in [0.2, 0.25) is 0 Å². The van der Waals surface area contributed by atoms with Gasteiger partial charge in [-0.15, -0.1) is 0 Å². The van der Waals surface area contributed by atoms with E-state index in [1.807, 2.05) is 34.6 Å². The van der Waals surface area contributed by atoms with E-state index in [0.29, 0.717) is 31.3 Å². The smallest absolute Gasteiger partial charge is 0.308 e. The molecule has 1 unspecified atom stereocenters. The van der Waals surface area contributed by atoms with Crippen molar-refractivity contribution in [2.24, 2.45) is 45.3 Å². The van der Waals surface area contributed by atoms with Crippen LogP contribution in [0.3, 0.4) is 0 Å². The van der Waals surface area contributed by atoms with Crippen LogP contribution in [0.25, 0.3) is 0 Å². The zero-order valence-corrected chi connectivity index (χ0v) is 24.3. The number of esters is 1. The Bertz CT molecular complexity index is 1090. The van der Waals surface area contributed by atoms with Gasteiger partial charge in [0.1, 0.15) is 17.3 Å². The minimum absolute atomic E-state index is 0.0431. The molecule has 4 rings (SSSR count). The van der Waals surface area contributed by atoms with Crippen LogP contribution < -0.4 is 0 Å². The van der Waals surface area contributed by atoms with Crippen molar-refractivity contribution < 1.29 is 34.1 Å². The predicted molar refractivity (Wildman–Crippen MR) is 142 cm³/mol. The highest BCUT2D eigenvalue weighted by atomic mass is 16.5. The Kier molecular flexibility index (Phi) is 7.18. The highest BCUT2D eigenvalue weighted by molar-refractivity contribution is 5.93. The molecule has 0 aliphatic heterocycles. The number of aliphatic hydroxyl groups excluding tert-OH is 2. The molecule has 212 valence electrons. The second kappa shape index (κ2) is 9.36. The molecule has 0 aromatic heterocycles. The topological polar surface area (TPSA) is 118 Å². The lowest BCUT2D eigenvalue weighted by atomic mass is 9.42. The van der Waals surface area contributed by atoms with Crippen LogP contribution >= 0.6 is 0 Å². The molecule has 0 heterocycles. The lowest BCUT2D eigenvalue weighted by Crippen LogP contribution is -2.60. The maximum Gasteiger partial charge on any atom is 0.308 e. The molecule has 4 aliphatic carbocycles. The van der Waals surface area contributed by atoms with Crippen LogP contribution in [0.4, 0.5) is 0 Å². The van der Waals surface area contributed by atoms with Gasteiger partial charge in [0, 0.05) is 31.1 Å². The summed E-state index contributed by atoms with van der Waals surface area (Å²) in [6.45, 7) is 13.7. The van der Waals surface area contributed by atoms with Crippen LogP contribution in [-0.2, 0) is 23.9 Å². The number of rotatable bonds is 6. The number of aliphatic hydroxyl groups is 2. The van der Waals surface area contributed by atoms with E-state index < -0.39 is 45.8 Å². The van der Waals surface area contributed by atoms with Gasteiger partial charge in [0.15, 0.2) is 0 Å². The average molecular weight is 531 g/mol. The van der Waals surface area contributed by atoms with Gasteiger partial charge in [-0.1, -0.05) is 41.5 Å². The Morgan fingerprint density at radius 1 is 0.974 bits per heavy atom. The Morgan fingerprint density at radius 3 is 2.21 bits per heavy atom. The molecule has 0 aromatic rings. The molecule has 38 heavy (non-hydrogen) atoms. The molecular formula is C31H46O7. The number of fused-ring (bicyclic) bond motifs is 4. The van der Waals surface area contributed by atoms with Gasteiger partial charge in [-0.3, -0.25) is 19.2 Å². The first-order chi connectivity index (χ1) is 17.5. The number of hydrogen-bond acceptors (Lipinski definition) is 7. The Hall–Kier alpha value is -1.86. The van der Waals surface area contributed by atoms with Crippen LogP contribution in [0, 0.1) is 45.3 Å². The Morgan fingerprint density at radius 2 is 1.61 bits per heavy atom. The average Bonchev–Trinajstić information content (AvgIpc) is 3.03. The quantitative estimate of drug-likeness (QED) is 0.390. The number of carbonyl (C=O) groups is 4. The van der Waals surface area contributed by atoms with E-state index >= 15 is 0 Å². The van der Waals surface area contributed by atoms with Gasteiger partial charge in [-0.25, -0.2) is 0 Å². The van der Waals surface area contributed by atoms with Gasteiger partial charge in [0.2, 0.25) is 0 Å². The molecule has 7 heteroatoms. The summed E-state index contributed by atoms with van der Waals surface area (Å²) in [7, 11) is 1.31. The van der Waals surface area contributed by atoms with Crippen molar-refractivity contribution in [1.29, 1.82) is 0 Å². The monoisotopic (exact) mass is 530 g/mol. The highest BCUT2D eigenvalue weighted by Gasteiger charge is 2.70. The van der Waals surface area contributed by atoms with Crippen molar-refractivity contribution in [3.05, 3.63) is 11.1 Å². The van der Waals surface area contributed by atoms with E-state index in [1.54, 1.807) is 6.92 Å². The number of Topliss-reactive ketones (excluding diaryl/α,β-unsaturated/α-hetero) is 3. The fraction of sp³-hybridized carbons (Fsp3) is 0.806. The molecule has 0 spiro atoms. The van der Waals surface area contributed by atoms with Crippen LogP contribution in [-0.4, -0.2) is 52.8 Å². The fourth-order valence-corrected chi connectivity index (χ4v) is 9.40. The molecule has 9 atom stereocenters.